The maximum absolute atomic E-state index is 5.80. The van der Waals surface area contributed by atoms with Gasteiger partial charge in [0.25, 0.3) is 0 Å². The summed E-state index contributed by atoms with van der Waals surface area (Å²) in [6, 6.07) is 0.425. The van der Waals surface area contributed by atoms with Crippen molar-refractivity contribution in [3.63, 3.8) is 0 Å². The van der Waals surface area contributed by atoms with E-state index in [0.29, 0.717) is 6.04 Å². The minimum absolute atomic E-state index is 0.425. The molecular weight excluding hydrogens is 158 g/mol. The minimum atomic E-state index is 0.425. The molecule has 2 N–H and O–H groups in total. The molecule has 2 aliphatic carbocycles. The molecule has 1 atom stereocenters. The third-order valence-electron chi connectivity index (χ3n) is 4.04. The third-order valence-corrected chi connectivity index (χ3v) is 4.04. The Morgan fingerprint density at radius 2 is 1.77 bits per heavy atom. The van der Waals surface area contributed by atoms with Gasteiger partial charge in [-0.2, -0.15) is 0 Å². The van der Waals surface area contributed by atoms with E-state index in [1.54, 1.807) is 0 Å². The van der Waals surface area contributed by atoms with Gasteiger partial charge in [-0.3, -0.25) is 0 Å². The van der Waals surface area contributed by atoms with Crippen molar-refractivity contribution in [2.75, 3.05) is 0 Å². The molecule has 0 aromatic heterocycles. The maximum atomic E-state index is 5.80. The summed E-state index contributed by atoms with van der Waals surface area (Å²) in [4.78, 5) is 0. The molecule has 2 aliphatic rings. The standard InChI is InChI=1S/C12H23N/c1-9(13)6-10-7-12(8-10)11-4-2-3-5-11/h9-12H,2-8,13H2,1H3. The first kappa shape index (κ1) is 9.51. The summed E-state index contributed by atoms with van der Waals surface area (Å²) in [5, 5.41) is 0. The minimum Gasteiger partial charge on any atom is -0.328 e. The van der Waals surface area contributed by atoms with Crippen molar-refractivity contribution >= 4 is 0 Å². The molecule has 0 saturated heterocycles. The van der Waals surface area contributed by atoms with Crippen molar-refractivity contribution in [2.24, 2.45) is 23.5 Å². The molecule has 0 aromatic rings. The quantitative estimate of drug-likeness (QED) is 0.711. The smallest absolute Gasteiger partial charge is 0.00131 e. The van der Waals surface area contributed by atoms with Crippen molar-refractivity contribution < 1.29 is 0 Å². The van der Waals surface area contributed by atoms with E-state index in [4.69, 9.17) is 5.73 Å². The van der Waals surface area contributed by atoms with E-state index in [1.807, 2.05) is 0 Å². The van der Waals surface area contributed by atoms with E-state index in [1.165, 1.54) is 44.9 Å². The molecule has 0 heterocycles. The first-order valence-corrected chi connectivity index (χ1v) is 6.01. The van der Waals surface area contributed by atoms with Crippen molar-refractivity contribution in [1.82, 2.24) is 0 Å². The van der Waals surface area contributed by atoms with E-state index in [2.05, 4.69) is 6.92 Å². The fourth-order valence-corrected chi connectivity index (χ4v) is 3.32. The highest BCUT2D eigenvalue weighted by molar-refractivity contribution is 4.87. The Kier molecular flexibility index (Phi) is 2.92. The van der Waals surface area contributed by atoms with E-state index >= 15 is 0 Å². The fraction of sp³-hybridized carbons (Fsp3) is 1.00. The molecule has 0 aliphatic heterocycles. The van der Waals surface area contributed by atoms with Gasteiger partial charge in [0, 0.05) is 6.04 Å². The zero-order valence-electron chi connectivity index (χ0n) is 8.84. The van der Waals surface area contributed by atoms with Crippen LogP contribution in [0.2, 0.25) is 0 Å². The summed E-state index contributed by atoms with van der Waals surface area (Å²) in [7, 11) is 0. The van der Waals surface area contributed by atoms with Gasteiger partial charge in [0.05, 0.1) is 0 Å². The molecule has 0 aromatic carbocycles. The lowest BCUT2D eigenvalue weighted by atomic mass is 9.66. The first-order chi connectivity index (χ1) is 6.25. The average Bonchev–Trinajstić information content (AvgIpc) is 2.46. The van der Waals surface area contributed by atoms with Crippen LogP contribution in [-0.2, 0) is 0 Å². The van der Waals surface area contributed by atoms with Gasteiger partial charge in [0.15, 0.2) is 0 Å². The molecule has 0 radical (unpaired) electrons. The number of hydrogen-bond acceptors (Lipinski definition) is 1. The van der Waals surface area contributed by atoms with Crippen LogP contribution in [0.4, 0.5) is 0 Å². The van der Waals surface area contributed by atoms with Crippen molar-refractivity contribution in [3.8, 4) is 0 Å². The Balaban J connectivity index is 1.66. The van der Waals surface area contributed by atoms with Gasteiger partial charge in [-0.1, -0.05) is 25.7 Å². The van der Waals surface area contributed by atoms with Crippen LogP contribution in [0.1, 0.15) is 51.9 Å². The SMILES string of the molecule is CC(N)CC1CC(C2CCCC2)C1. The highest BCUT2D eigenvalue weighted by Gasteiger charge is 2.35. The molecule has 2 rings (SSSR count). The second kappa shape index (κ2) is 4.00. The Labute approximate surface area is 82.1 Å². The largest absolute Gasteiger partial charge is 0.328 e. The number of hydrogen-bond donors (Lipinski definition) is 1. The molecule has 1 unspecified atom stereocenters. The van der Waals surface area contributed by atoms with E-state index in [0.717, 1.165) is 17.8 Å². The van der Waals surface area contributed by atoms with Crippen LogP contribution in [0.15, 0.2) is 0 Å². The monoisotopic (exact) mass is 181 g/mol. The van der Waals surface area contributed by atoms with Gasteiger partial charge in [-0.15, -0.1) is 0 Å². The van der Waals surface area contributed by atoms with Crippen molar-refractivity contribution in [2.45, 2.75) is 57.9 Å². The van der Waals surface area contributed by atoms with Crippen LogP contribution < -0.4 is 5.73 Å². The summed E-state index contributed by atoms with van der Waals surface area (Å²) in [5.41, 5.74) is 5.80. The van der Waals surface area contributed by atoms with Crippen LogP contribution in [0.3, 0.4) is 0 Å². The molecule has 2 saturated carbocycles. The first-order valence-electron chi connectivity index (χ1n) is 6.01. The Morgan fingerprint density at radius 1 is 1.15 bits per heavy atom. The van der Waals surface area contributed by atoms with Gasteiger partial charge in [0.1, 0.15) is 0 Å². The van der Waals surface area contributed by atoms with Gasteiger partial charge in [-0.05, 0) is 43.9 Å². The maximum Gasteiger partial charge on any atom is 0.00131 e. The second-order valence-electron chi connectivity index (χ2n) is 5.36. The molecule has 76 valence electrons. The lowest BCUT2D eigenvalue weighted by Crippen LogP contribution is -2.32. The predicted octanol–water partition coefficient (Wildman–Crippen LogP) is 2.94. The molecule has 1 heteroatoms. The van der Waals surface area contributed by atoms with E-state index < -0.39 is 0 Å². The van der Waals surface area contributed by atoms with Gasteiger partial charge < -0.3 is 5.73 Å². The topological polar surface area (TPSA) is 26.0 Å². The highest BCUT2D eigenvalue weighted by Crippen LogP contribution is 2.46. The Morgan fingerprint density at radius 3 is 2.31 bits per heavy atom. The highest BCUT2D eigenvalue weighted by atomic mass is 14.6. The third kappa shape index (κ3) is 2.25. The zero-order chi connectivity index (χ0) is 9.26. The fourth-order valence-electron chi connectivity index (χ4n) is 3.32. The van der Waals surface area contributed by atoms with Crippen LogP contribution in [0.25, 0.3) is 0 Å². The van der Waals surface area contributed by atoms with E-state index in [-0.39, 0.29) is 0 Å². The van der Waals surface area contributed by atoms with Crippen LogP contribution in [0, 0.1) is 17.8 Å². The summed E-state index contributed by atoms with van der Waals surface area (Å²) in [6.45, 7) is 2.14. The van der Waals surface area contributed by atoms with Crippen LogP contribution in [0.5, 0.6) is 0 Å². The summed E-state index contributed by atoms with van der Waals surface area (Å²) < 4.78 is 0. The Hall–Kier alpha value is -0.0400. The normalized spacial score (nSPS) is 37.4. The average molecular weight is 181 g/mol. The van der Waals surface area contributed by atoms with Crippen molar-refractivity contribution in [3.05, 3.63) is 0 Å². The van der Waals surface area contributed by atoms with Gasteiger partial charge >= 0.3 is 0 Å². The molecule has 0 spiro atoms. The summed E-state index contributed by atoms with van der Waals surface area (Å²) in [5.74, 6) is 3.17. The molecular formula is C12H23N. The van der Waals surface area contributed by atoms with Gasteiger partial charge in [-0.25, -0.2) is 0 Å². The molecule has 0 bridgehead atoms. The predicted molar refractivity (Wildman–Crippen MR) is 56.4 cm³/mol. The van der Waals surface area contributed by atoms with Crippen LogP contribution >= 0.6 is 0 Å². The summed E-state index contributed by atoms with van der Waals surface area (Å²) in [6.07, 6.45) is 10.3. The van der Waals surface area contributed by atoms with Crippen LogP contribution in [-0.4, -0.2) is 6.04 Å². The van der Waals surface area contributed by atoms with Gasteiger partial charge in [0.2, 0.25) is 0 Å². The second-order valence-corrected chi connectivity index (χ2v) is 5.36. The molecule has 1 nitrogen and oxygen atoms in total. The lowest BCUT2D eigenvalue weighted by molar-refractivity contribution is 0.114. The van der Waals surface area contributed by atoms with E-state index in [9.17, 15) is 0 Å². The molecule has 2 fully saturated rings. The molecule has 0 amide bonds. The Bertz CT molecular complexity index is 153. The molecule has 13 heavy (non-hydrogen) atoms. The zero-order valence-corrected chi connectivity index (χ0v) is 8.84. The number of nitrogens with two attached hydrogens (primary N) is 1. The summed E-state index contributed by atoms with van der Waals surface area (Å²) >= 11 is 0. The van der Waals surface area contributed by atoms with Crippen molar-refractivity contribution in [1.29, 1.82) is 0 Å². The number of rotatable bonds is 3. The lowest BCUT2D eigenvalue weighted by Gasteiger charge is -2.40.